The molecule has 0 unspecified atom stereocenters. The standard InChI is InChI=1S/C10H8ClNO3/c1-2-14-10(13)7(6-12)9(11)8-4-3-5-15-8/h3-5H,2H2,1H3/b9-7-. The highest BCUT2D eigenvalue weighted by Gasteiger charge is 2.17. The van der Waals surface area contributed by atoms with Crippen LogP contribution >= 0.6 is 11.6 Å². The van der Waals surface area contributed by atoms with E-state index in [1.165, 1.54) is 6.26 Å². The number of nitrogens with zero attached hydrogens (tertiary/aromatic N) is 1. The topological polar surface area (TPSA) is 63.2 Å². The van der Waals surface area contributed by atoms with E-state index in [1.54, 1.807) is 25.1 Å². The smallest absolute Gasteiger partial charge is 0.350 e. The van der Waals surface area contributed by atoms with Crippen molar-refractivity contribution in [1.29, 1.82) is 5.26 Å². The number of nitriles is 1. The number of carbonyl (C=O) groups is 1. The van der Waals surface area contributed by atoms with Crippen molar-refractivity contribution in [2.24, 2.45) is 0 Å². The average molecular weight is 226 g/mol. The quantitative estimate of drug-likeness (QED) is 0.450. The molecule has 5 heteroatoms. The van der Waals surface area contributed by atoms with Gasteiger partial charge in [-0.3, -0.25) is 0 Å². The summed E-state index contributed by atoms with van der Waals surface area (Å²) in [5.41, 5.74) is -0.256. The van der Waals surface area contributed by atoms with Gasteiger partial charge < -0.3 is 9.15 Å². The molecule has 1 heterocycles. The first-order valence-electron chi connectivity index (χ1n) is 4.21. The Bertz CT molecular complexity index is 414. The summed E-state index contributed by atoms with van der Waals surface area (Å²) in [5, 5.41) is 8.72. The molecule has 4 nitrogen and oxygen atoms in total. The Morgan fingerprint density at radius 2 is 2.47 bits per heavy atom. The Morgan fingerprint density at radius 1 is 1.73 bits per heavy atom. The molecule has 0 spiro atoms. The number of carbonyl (C=O) groups excluding carboxylic acids is 1. The first-order valence-corrected chi connectivity index (χ1v) is 4.59. The summed E-state index contributed by atoms with van der Waals surface area (Å²) < 4.78 is 9.63. The van der Waals surface area contributed by atoms with Gasteiger partial charge in [-0.2, -0.15) is 5.26 Å². The van der Waals surface area contributed by atoms with Gasteiger partial charge in [0.15, 0.2) is 5.57 Å². The van der Waals surface area contributed by atoms with Crippen molar-refractivity contribution in [1.82, 2.24) is 0 Å². The van der Waals surface area contributed by atoms with Gasteiger partial charge in [0, 0.05) is 0 Å². The summed E-state index contributed by atoms with van der Waals surface area (Å²) in [6, 6.07) is 4.85. The molecule has 0 aliphatic rings. The summed E-state index contributed by atoms with van der Waals surface area (Å²) >= 11 is 5.81. The van der Waals surface area contributed by atoms with Crippen LogP contribution in [-0.2, 0) is 9.53 Å². The fourth-order valence-electron chi connectivity index (χ4n) is 0.914. The first kappa shape index (κ1) is 11.3. The largest absolute Gasteiger partial charge is 0.463 e. The molecular formula is C10H8ClNO3. The minimum Gasteiger partial charge on any atom is -0.463 e. The van der Waals surface area contributed by atoms with Crippen molar-refractivity contribution in [2.45, 2.75) is 6.92 Å². The molecule has 78 valence electrons. The summed E-state index contributed by atoms with van der Waals surface area (Å²) in [4.78, 5) is 11.3. The van der Waals surface area contributed by atoms with Crippen molar-refractivity contribution >= 4 is 22.6 Å². The highest BCUT2D eigenvalue weighted by Crippen LogP contribution is 2.23. The minimum absolute atomic E-state index is 0.0408. The number of rotatable bonds is 3. The molecule has 0 atom stereocenters. The zero-order valence-corrected chi connectivity index (χ0v) is 8.75. The molecular weight excluding hydrogens is 218 g/mol. The minimum atomic E-state index is -0.749. The van der Waals surface area contributed by atoms with Gasteiger partial charge in [0.1, 0.15) is 16.9 Å². The van der Waals surface area contributed by atoms with Gasteiger partial charge in [0.25, 0.3) is 0 Å². The van der Waals surface area contributed by atoms with Crippen LogP contribution in [0, 0.1) is 11.3 Å². The van der Waals surface area contributed by atoms with Gasteiger partial charge in [-0.15, -0.1) is 0 Å². The van der Waals surface area contributed by atoms with Crippen LogP contribution in [0.2, 0.25) is 0 Å². The monoisotopic (exact) mass is 225 g/mol. The fraction of sp³-hybridized carbons (Fsp3) is 0.200. The van der Waals surface area contributed by atoms with E-state index in [0.717, 1.165) is 0 Å². The molecule has 0 N–H and O–H groups in total. The summed E-state index contributed by atoms with van der Waals surface area (Å²) in [7, 11) is 0. The Kier molecular flexibility index (Phi) is 3.95. The number of hydrogen-bond donors (Lipinski definition) is 0. The first-order chi connectivity index (χ1) is 7.20. The normalized spacial score (nSPS) is 11.5. The van der Waals surface area contributed by atoms with Gasteiger partial charge in [0.05, 0.1) is 12.9 Å². The molecule has 1 rings (SSSR count). The summed E-state index contributed by atoms with van der Waals surface area (Å²) in [6.45, 7) is 1.83. The van der Waals surface area contributed by atoms with Crippen molar-refractivity contribution in [2.75, 3.05) is 6.61 Å². The van der Waals surface area contributed by atoms with E-state index in [0.29, 0.717) is 0 Å². The zero-order valence-electron chi connectivity index (χ0n) is 7.99. The molecule has 0 fully saturated rings. The maximum absolute atomic E-state index is 11.3. The lowest BCUT2D eigenvalue weighted by Gasteiger charge is -2.00. The molecule has 0 radical (unpaired) electrons. The molecule has 0 aromatic carbocycles. The molecule has 15 heavy (non-hydrogen) atoms. The average Bonchev–Trinajstić information content (AvgIpc) is 2.71. The number of esters is 1. The Morgan fingerprint density at radius 3 is 2.93 bits per heavy atom. The van der Waals surface area contributed by atoms with Crippen LogP contribution in [0.4, 0.5) is 0 Å². The van der Waals surface area contributed by atoms with Crippen LogP contribution in [0.15, 0.2) is 28.4 Å². The molecule has 1 aromatic rings. The lowest BCUT2D eigenvalue weighted by Crippen LogP contribution is -2.07. The van der Waals surface area contributed by atoms with Crippen LogP contribution in [0.1, 0.15) is 12.7 Å². The maximum Gasteiger partial charge on any atom is 0.350 e. The van der Waals surface area contributed by atoms with Crippen molar-refractivity contribution in [3.63, 3.8) is 0 Å². The second kappa shape index (κ2) is 5.23. The van der Waals surface area contributed by atoms with E-state index in [1.807, 2.05) is 0 Å². The SMILES string of the molecule is CCOC(=O)/C(C#N)=C(\Cl)c1ccco1. The summed E-state index contributed by atoms with van der Waals surface area (Å²) in [6.07, 6.45) is 1.40. The van der Waals surface area contributed by atoms with E-state index in [4.69, 9.17) is 21.3 Å². The molecule has 0 saturated carbocycles. The maximum atomic E-state index is 11.3. The van der Waals surface area contributed by atoms with Gasteiger partial charge in [0.2, 0.25) is 0 Å². The lowest BCUT2D eigenvalue weighted by atomic mass is 10.2. The van der Waals surface area contributed by atoms with Crippen molar-refractivity contribution < 1.29 is 13.9 Å². The highest BCUT2D eigenvalue weighted by molar-refractivity contribution is 6.51. The van der Waals surface area contributed by atoms with E-state index in [2.05, 4.69) is 4.74 Å². The van der Waals surface area contributed by atoms with Crippen molar-refractivity contribution in [3.8, 4) is 6.07 Å². The number of ether oxygens (including phenoxy) is 1. The molecule has 0 aliphatic carbocycles. The van der Waals surface area contributed by atoms with Crippen LogP contribution in [0.5, 0.6) is 0 Å². The Labute approximate surface area is 91.7 Å². The molecule has 0 bridgehead atoms. The fourth-order valence-corrected chi connectivity index (χ4v) is 1.14. The van der Waals surface area contributed by atoms with Crippen LogP contribution in [-0.4, -0.2) is 12.6 Å². The molecule has 0 amide bonds. The number of halogens is 1. The number of furan rings is 1. The molecule has 0 saturated heterocycles. The van der Waals surface area contributed by atoms with E-state index < -0.39 is 5.97 Å². The highest BCUT2D eigenvalue weighted by atomic mass is 35.5. The third kappa shape index (κ3) is 2.61. The van der Waals surface area contributed by atoms with Crippen LogP contribution in [0.25, 0.3) is 5.03 Å². The number of hydrogen-bond acceptors (Lipinski definition) is 4. The second-order valence-corrected chi connectivity index (χ2v) is 2.88. The second-order valence-electron chi connectivity index (χ2n) is 2.50. The third-order valence-electron chi connectivity index (χ3n) is 1.55. The van der Waals surface area contributed by atoms with Crippen LogP contribution in [0.3, 0.4) is 0 Å². The van der Waals surface area contributed by atoms with E-state index >= 15 is 0 Å². The van der Waals surface area contributed by atoms with Gasteiger partial charge in [-0.1, -0.05) is 11.6 Å². The van der Waals surface area contributed by atoms with Gasteiger partial charge in [-0.05, 0) is 19.1 Å². The molecule has 1 aromatic heterocycles. The predicted molar refractivity (Wildman–Crippen MR) is 53.7 cm³/mol. The summed E-state index contributed by atoms with van der Waals surface area (Å²) in [5.74, 6) is -0.484. The zero-order chi connectivity index (χ0) is 11.3. The lowest BCUT2D eigenvalue weighted by molar-refractivity contribution is -0.137. The Hall–Kier alpha value is -1.73. The predicted octanol–water partition coefficient (Wildman–Crippen LogP) is 2.32. The van der Waals surface area contributed by atoms with E-state index in [-0.39, 0.29) is 23.0 Å². The van der Waals surface area contributed by atoms with Gasteiger partial charge >= 0.3 is 5.97 Å². The van der Waals surface area contributed by atoms with Gasteiger partial charge in [-0.25, -0.2) is 4.79 Å². The molecule has 0 aliphatic heterocycles. The Balaban J connectivity index is 3.05. The van der Waals surface area contributed by atoms with E-state index in [9.17, 15) is 4.79 Å². The van der Waals surface area contributed by atoms with Crippen molar-refractivity contribution in [3.05, 3.63) is 29.7 Å². The van der Waals surface area contributed by atoms with Crippen LogP contribution < -0.4 is 0 Å². The third-order valence-corrected chi connectivity index (χ3v) is 1.92.